The van der Waals surface area contributed by atoms with Gasteiger partial charge in [0.2, 0.25) is 0 Å². The lowest BCUT2D eigenvalue weighted by Gasteiger charge is -2.04. The summed E-state index contributed by atoms with van der Waals surface area (Å²) in [6.45, 7) is 1.52. The third-order valence-corrected chi connectivity index (χ3v) is 4.50. The van der Waals surface area contributed by atoms with E-state index in [4.69, 9.17) is 10.5 Å². The minimum absolute atomic E-state index is 0.0292. The number of carbonyl (C=O) groups excluding carboxylic acids is 1. The first kappa shape index (κ1) is 13.6. The lowest BCUT2D eigenvalue weighted by Crippen LogP contribution is -1.93. The maximum atomic E-state index is 11.6. The Morgan fingerprint density at radius 3 is 2.81 bits per heavy atom. The minimum Gasteiger partial charge on any atom is -0.497 e. The van der Waals surface area contributed by atoms with Gasteiger partial charge in [-0.25, -0.2) is 4.98 Å². The van der Waals surface area contributed by atoms with Crippen molar-refractivity contribution in [1.82, 2.24) is 4.98 Å². The van der Waals surface area contributed by atoms with Crippen LogP contribution < -0.4 is 10.5 Å². The number of benzene rings is 1. The van der Waals surface area contributed by atoms with E-state index < -0.39 is 0 Å². The zero-order valence-corrected chi connectivity index (χ0v) is 12.5. The molecule has 0 atom stereocenters. The first-order chi connectivity index (χ1) is 10.1. The van der Waals surface area contributed by atoms with Crippen LogP contribution in [-0.4, -0.2) is 17.9 Å². The number of rotatable bonds is 3. The Labute approximate surface area is 126 Å². The summed E-state index contributed by atoms with van der Waals surface area (Å²) < 4.78 is 5.23. The average Bonchev–Trinajstić information content (AvgIpc) is 2.84. The Bertz CT molecular complexity index is 839. The predicted molar refractivity (Wildman–Crippen MR) is 86.0 cm³/mol. The van der Waals surface area contributed by atoms with Gasteiger partial charge in [-0.05, 0) is 24.3 Å². The zero-order valence-electron chi connectivity index (χ0n) is 11.7. The van der Waals surface area contributed by atoms with Crippen LogP contribution in [0.15, 0.2) is 36.4 Å². The van der Waals surface area contributed by atoms with Crippen LogP contribution in [-0.2, 0) is 0 Å². The van der Waals surface area contributed by atoms with Gasteiger partial charge in [-0.2, -0.15) is 0 Å². The Hall–Kier alpha value is -2.40. The number of anilines is 1. The van der Waals surface area contributed by atoms with Crippen molar-refractivity contribution >= 4 is 33.0 Å². The van der Waals surface area contributed by atoms with Gasteiger partial charge >= 0.3 is 0 Å². The van der Waals surface area contributed by atoms with Crippen molar-refractivity contribution in [3.8, 4) is 17.0 Å². The Kier molecular flexibility index (Phi) is 3.35. The first-order valence-corrected chi connectivity index (χ1v) is 7.26. The molecule has 5 heteroatoms. The van der Waals surface area contributed by atoms with E-state index >= 15 is 0 Å². The molecular weight excluding hydrogens is 284 g/mol. The molecule has 1 aromatic carbocycles. The van der Waals surface area contributed by atoms with Gasteiger partial charge in [-0.1, -0.05) is 12.1 Å². The second kappa shape index (κ2) is 5.18. The molecule has 0 bridgehead atoms. The highest BCUT2D eigenvalue weighted by Gasteiger charge is 2.14. The number of aromatic nitrogens is 1. The largest absolute Gasteiger partial charge is 0.497 e. The molecule has 0 fully saturated rings. The molecule has 3 rings (SSSR count). The van der Waals surface area contributed by atoms with Crippen molar-refractivity contribution in [3.05, 3.63) is 41.3 Å². The summed E-state index contributed by atoms with van der Waals surface area (Å²) in [4.78, 5) is 17.5. The van der Waals surface area contributed by atoms with Gasteiger partial charge in [-0.15, -0.1) is 11.3 Å². The van der Waals surface area contributed by atoms with Crippen LogP contribution >= 0.6 is 11.3 Å². The van der Waals surface area contributed by atoms with E-state index in [0.717, 1.165) is 27.2 Å². The number of methoxy groups -OCH3 is 1. The number of hydrogen-bond donors (Lipinski definition) is 1. The zero-order chi connectivity index (χ0) is 15.0. The minimum atomic E-state index is -0.0292. The summed E-state index contributed by atoms with van der Waals surface area (Å²) in [6, 6.07) is 11.5. The monoisotopic (exact) mass is 298 g/mol. The number of ketones is 1. The molecule has 2 N–H and O–H groups in total. The van der Waals surface area contributed by atoms with E-state index in [2.05, 4.69) is 4.98 Å². The number of pyridine rings is 1. The third-order valence-electron chi connectivity index (χ3n) is 3.28. The summed E-state index contributed by atoms with van der Waals surface area (Å²) in [5.41, 5.74) is 8.32. The summed E-state index contributed by atoms with van der Waals surface area (Å²) in [5, 5.41) is 0.830. The normalized spacial score (nSPS) is 10.8. The van der Waals surface area contributed by atoms with Crippen molar-refractivity contribution in [1.29, 1.82) is 0 Å². The Balaban J connectivity index is 2.14. The van der Waals surface area contributed by atoms with Crippen LogP contribution in [0, 0.1) is 0 Å². The SMILES string of the molecule is COc1cccc(-c2ccc3c(N)c(C(C)=O)sc3n2)c1. The van der Waals surface area contributed by atoms with Crippen LogP contribution in [0.3, 0.4) is 0 Å². The molecule has 106 valence electrons. The van der Waals surface area contributed by atoms with Gasteiger partial charge in [0.25, 0.3) is 0 Å². The summed E-state index contributed by atoms with van der Waals surface area (Å²) >= 11 is 1.33. The number of ether oxygens (including phenoxy) is 1. The van der Waals surface area contributed by atoms with E-state index in [9.17, 15) is 4.79 Å². The summed E-state index contributed by atoms with van der Waals surface area (Å²) in [5.74, 6) is 0.753. The number of nitrogens with two attached hydrogens (primary N) is 1. The molecule has 0 amide bonds. The lowest BCUT2D eigenvalue weighted by atomic mass is 10.1. The van der Waals surface area contributed by atoms with Gasteiger partial charge < -0.3 is 10.5 Å². The highest BCUT2D eigenvalue weighted by Crippen LogP contribution is 2.34. The van der Waals surface area contributed by atoms with Crippen molar-refractivity contribution in [2.75, 3.05) is 12.8 Å². The van der Waals surface area contributed by atoms with Crippen molar-refractivity contribution < 1.29 is 9.53 Å². The van der Waals surface area contributed by atoms with Crippen LogP contribution in [0.1, 0.15) is 16.6 Å². The summed E-state index contributed by atoms with van der Waals surface area (Å²) in [6.07, 6.45) is 0. The fraction of sp³-hybridized carbons (Fsp3) is 0.125. The highest BCUT2D eigenvalue weighted by molar-refractivity contribution is 7.21. The maximum Gasteiger partial charge on any atom is 0.171 e. The molecule has 2 heterocycles. The van der Waals surface area contributed by atoms with E-state index in [-0.39, 0.29) is 5.78 Å². The first-order valence-electron chi connectivity index (χ1n) is 6.44. The fourth-order valence-corrected chi connectivity index (χ4v) is 3.19. The maximum absolute atomic E-state index is 11.6. The van der Waals surface area contributed by atoms with Gasteiger partial charge in [0.1, 0.15) is 10.6 Å². The molecule has 0 radical (unpaired) electrons. The number of thiophene rings is 1. The van der Waals surface area contributed by atoms with Crippen molar-refractivity contribution in [2.24, 2.45) is 0 Å². The van der Waals surface area contributed by atoms with Crippen LogP contribution in [0.5, 0.6) is 5.75 Å². The second-order valence-corrected chi connectivity index (χ2v) is 5.68. The number of hydrogen-bond acceptors (Lipinski definition) is 5. The Morgan fingerprint density at radius 1 is 1.29 bits per heavy atom. The average molecular weight is 298 g/mol. The number of Topliss-reactive ketones (excluding diaryl/α,β-unsaturated/α-hetero) is 1. The van der Waals surface area contributed by atoms with Gasteiger partial charge in [-0.3, -0.25) is 4.79 Å². The smallest absolute Gasteiger partial charge is 0.171 e. The highest BCUT2D eigenvalue weighted by atomic mass is 32.1. The van der Waals surface area contributed by atoms with Crippen LogP contribution in [0.2, 0.25) is 0 Å². The quantitative estimate of drug-likeness (QED) is 0.748. The van der Waals surface area contributed by atoms with Crippen molar-refractivity contribution in [3.63, 3.8) is 0 Å². The third kappa shape index (κ3) is 2.36. The fourth-order valence-electron chi connectivity index (χ4n) is 2.20. The van der Waals surface area contributed by atoms with Gasteiger partial charge in [0.05, 0.1) is 23.4 Å². The Morgan fingerprint density at radius 2 is 2.10 bits per heavy atom. The second-order valence-electron chi connectivity index (χ2n) is 4.68. The number of nitrogen functional groups attached to an aromatic ring is 1. The van der Waals surface area contributed by atoms with E-state index in [1.165, 1.54) is 18.3 Å². The van der Waals surface area contributed by atoms with Gasteiger partial charge in [0, 0.05) is 17.9 Å². The molecule has 0 aliphatic heterocycles. The molecule has 4 nitrogen and oxygen atoms in total. The molecule has 0 unspecified atom stereocenters. The molecule has 0 aliphatic carbocycles. The molecule has 3 aromatic rings. The van der Waals surface area contributed by atoms with E-state index in [1.54, 1.807) is 7.11 Å². The lowest BCUT2D eigenvalue weighted by molar-refractivity contribution is 0.102. The van der Waals surface area contributed by atoms with Crippen LogP contribution in [0.4, 0.5) is 5.69 Å². The standard InChI is InChI=1S/C16H14N2O2S/c1-9(19)15-14(17)12-6-7-13(18-16(12)21-15)10-4-3-5-11(8-10)20-2/h3-8H,17H2,1-2H3. The topological polar surface area (TPSA) is 65.2 Å². The molecule has 0 aliphatic rings. The molecule has 0 saturated carbocycles. The van der Waals surface area contributed by atoms with E-state index in [1.807, 2.05) is 36.4 Å². The molecule has 0 saturated heterocycles. The number of nitrogens with zero attached hydrogens (tertiary/aromatic N) is 1. The predicted octanol–water partition coefficient (Wildman–Crippen LogP) is 3.76. The van der Waals surface area contributed by atoms with E-state index in [0.29, 0.717) is 10.6 Å². The molecule has 21 heavy (non-hydrogen) atoms. The summed E-state index contributed by atoms with van der Waals surface area (Å²) in [7, 11) is 1.63. The van der Waals surface area contributed by atoms with Crippen LogP contribution in [0.25, 0.3) is 21.5 Å². The number of fused-ring (bicyclic) bond motifs is 1. The number of carbonyl (C=O) groups is 1. The van der Waals surface area contributed by atoms with Gasteiger partial charge in [0.15, 0.2) is 5.78 Å². The molecule has 2 aromatic heterocycles. The molecular formula is C16H14N2O2S. The molecule has 0 spiro atoms. The van der Waals surface area contributed by atoms with Crippen molar-refractivity contribution in [2.45, 2.75) is 6.92 Å².